The van der Waals surface area contributed by atoms with Gasteiger partial charge in [-0.2, -0.15) is 0 Å². The molecule has 3 rings (SSSR count). The maximum Gasteiger partial charge on any atom is 0.289 e. The number of rotatable bonds is 6. The molecule has 7 heteroatoms. The summed E-state index contributed by atoms with van der Waals surface area (Å²) in [6, 6.07) is 11.6. The third-order valence-electron chi connectivity index (χ3n) is 4.87. The topological polar surface area (TPSA) is 70.3 Å². The number of furan rings is 1. The van der Waals surface area contributed by atoms with Crippen molar-refractivity contribution in [3.8, 4) is 5.75 Å². The third kappa shape index (κ3) is 5.06. The van der Waals surface area contributed by atoms with Crippen molar-refractivity contribution in [2.75, 3.05) is 46.9 Å². The van der Waals surface area contributed by atoms with Crippen molar-refractivity contribution in [2.24, 2.45) is 4.99 Å². The third-order valence-corrected chi connectivity index (χ3v) is 4.87. The van der Waals surface area contributed by atoms with E-state index in [1.807, 2.05) is 17.0 Å². The van der Waals surface area contributed by atoms with E-state index >= 15 is 0 Å². The molecule has 1 aliphatic rings. The Morgan fingerprint density at radius 1 is 1.18 bits per heavy atom. The number of benzene rings is 1. The number of guanidine groups is 1. The van der Waals surface area contributed by atoms with Gasteiger partial charge in [0.2, 0.25) is 0 Å². The second-order valence-electron chi connectivity index (χ2n) is 6.69. The average molecular weight is 384 g/mol. The molecular weight excluding hydrogens is 356 g/mol. The Morgan fingerprint density at radius 2 is 1.96 bits per heavy atom. The van der Waals surface area contributed by atoms with E-state index in [1.54, 1.807) is 26.3 Å². The molecule has 0 radical (unpaired) electrons. The molecule has 0 spiro atoms. The van der Waals surface area contributed by atoms with Crippen molar-refractivity contribution in [1.29, 1.82) is 0 Å². The number of methoxy groups -OCH3 is 1. The molecule has 0 aliphatic carbocycles. The van der Waals surface area contributed by atoms with Crippen LogP contribution in [0.2, 0.25) is 0 Å². The summed E-state index contributed by atoms with van der Waals surface area (Å²) in [6.07, 6.45) is 3.51. The minimum Gasteiger partial charge on any atom is -0.497 e. The second-order valence-corrected chi connectivity index (χ2v) is 6.69. The number of aryl methyl sites for hydroxylation is 1. The average Bonchev–Trinajstić information content (AvgIpc) is 3.28. The molecule has 0 unspecified atom stereocenters. The van der Waals surface area contributed by atoms with Crippen LogP contribution in [0.1, 0.15) is 22.5 Å². The van der Waals surface area contributed by atoms with Gasteiger partial charge in [0.05, 0.1) is 13.4 Å². The molecular formula is C21H28N4O3. The molecule has 2 heterocycles. The lowest BCUT2D eigenvalue weighted by molar-refractivity contribution is 0.0658. The van der Waals surface area contributed by atoms with Crippen molar-refractivity contribution in [3.05, 3.63) is 54.0 Å². The minimum atomic E-state index is -0.0501. The summed E-state index contributed by atoms with van der Waals surface area (Å²) in [5.41, 5.74) is 1.26. The van der Waals surface area contributed by atoms with Gasteiger partial charge in [-0.25, -0.2) is 0 Å². The van der Waals surface area contributed by atoms with Crippen LogP contribution < -0.4 is 10.1 Å². The van der Waals surface area contributed by atoms with Gasteiger partial charge in [-0.3, -0.25) is 9.79 Å². The van der Waals surface area contributed by atoms with Gasteiger partial charge in [-0.1, -0.05) is 12.1 Å². The number of ether oxygens (including phenoxy) is 1. The molecule has 2 aromatic rings. The maximum absolute atomic E-state index is 12.4. The highest BCUT2D eigenvalue weighted by molar-refractivity contribution is 5.91. The molecule has 0 atom stereocenters. The molecule has 1 saturated heterocycles. The van der Waals surface area contributed by atoms with Crippen molar-refractivity contribution >= 4 is 11.9 Å². The predicted molar refractivity (Wildman–Crippen MR) is 109 cm³/mol. The van der Waals surface area contributed by atoms with Gasteiger partial charge in [0, 0.05) is 39.8 Å². The number of nitrogens with one attached hydrogen (secondary N) is 1. The SMILES string of the molecule is CN=C(NCCCc1cccc(OC)c1)N1CCN(C(=O)c2ccco2)CC1. The number of nitrogens with zero attached hydrogens (tertiary/aromatic N) is 3. The van der Waals surface area contributed by atoms with E-state index in [1.165, 1.54) is 11.8 Å². The summed E-state index contributed by atoms with van der Waals surface area (Å²) in [7, 11) is 3.48. The first-order valence-electron chi connectivity index (χ1n) is 9.62. The van der Waals surface area contributed by atoms with Gasteiger partial charge in [0.1, 0.15) is 5.75 Å². The van der Waals surface area contributed by atoms with E-state index in [9.17, 15) is 4.79 Å². The molecule has 1 aromatic carbocycles. The Balaban J connectivity index is 1.41. The molecule has 1 aromatic heterocycles. The fraction of sp³-hybridized carbons (Fsp3) is 0.429. The second kappa shape index (κ2) is 9.82. The first-order valence-corrected chi connectivity index (χ1v) is 9.62. The molecule has 0 saturated carbocycles. The zero-order chi connectivity index (χ0) is 19.8. The minimum absolute atomic E-state index is 0.0501. The lowest BCUT2D eigenvalue weighted by atomic mass is 10.1. The van der Waals surface area contributed by atoms with Gasteiger partial charge in [-0.15, -0.1) is 0 Å². The van der Waals surface area contributed by atoms with Crippen molar-refractivity contribution in [2.45, 2.75) is 12.8 Å². The van der Waals surface area contributed by atoms with Crippen LogP contribution >= 0.6 is 0 Å². The van der Waals surface area contributed by atoms with Crippen LogP contribution in [0.3, 0.4) is 0 Å². The Hall–Kier alpha value is -2.96. The molecule has 28 heavy (non-hydrogen) atoms. The Kier molecular flexibility index (Phi) is 6.94. The van der Waals surface area contributed by atoms with E-state index in [0.717, 1.165) is 44.2 Å². The molecule has 1 amide bonds. The van der Waals surface area contributed by atoms with Crippen LogP contribution in [-0.2, 0) is 6.42 Å². The van der Waals surface area contributed by atoms with E-state index in [2.05, 4.69) is 27.3 Å². The van der Waals surface area contributed by atoms with Gasteiger partial charge in [0.25, 0.3) is 5.91 Å². The number of amides is 1. The highest BCUT2D eigenvalue weighted by Gasteiger charge is 2.24. The fourth-order valence-corrected chi connectivity index (χ4v) is 3.33. The summed E-state index contributed by atoms with van der Waals surface area (Å²) in [6.45, 7) is 3.66. The molecule has 1 fully saturated rings. The summed E-state index contributed by atoms with van der Waals surface area (Å²) >= 11 is 0. The van der Waals surface area contributed by atoms with Gasteiger partial charge < -0.3 is 24.3 Å². The Labute approximate surface area is 166 Å². The normalized spacial score (nSPS) is 14.9. The van der Waals surface area contributed by atoms with Crippen molar-refractivity contribution in [3.63, 3.8) is 0 Å². The van der Waals surface area contributed by atoms with Crippen molar-refractivity contribution < 1.29 is 13.9 Å². The molecule has 7 nitrogen and oxygen atoms in total. The van der Waals surface area contributed by atoms with Crippen molar-refractivity contribution in [1.82, 2.24) is 15.1 Å². The van der Waals surface area contributed by atoms with E-state index in [4.69, 9.17) is 9.15 Å². The highest BCUT2D eigenvalue weighted by Crippen LogP contribution is 2.14. The molecule has 0 bridgehead atoms. The number of aliphatic imine (C=N–C) groups is 1. The van der Waals surface area contributed by atoms with Crippen LogP contribution in [0.25, 0.3) is 0 Å². The first-order chi connectivity index (χ1) is 13.7. The van der Waals surface area contributed by atoms with Crippen LogP contribution in [-0.4, -0.2) is 68.5 Å². The number of piperazine rings is 1. The number of hydrogen-bond acceptors (Lipinski definition) is 4. The zero-order valence-electron chi connectivity index (χ0n) is 16.6. The molecule has 1 N–H and O–H groups in total. The number of hydrogen-bond donors (Lipinski definition) is 1. The van der Waals surface area contributed by atoms with Gasteiger partial charge >= 0.3 is 0 Å². The van der Waals surface area contributed by atoms with Crippen LogP contribution in [0.5, 0.6) is 5.75 Å². The quantitative estimate of drug-likeness (QED) is 0.470. The fourth-order valence-electron chi connectivity index (χ4n) is 3.33. The summed E-state index contributed by atoms with van der Waals surface area (Å²) in [5.74, 6) is 2.12. The molecule has 150 valence electrons. The van der Waals surface area contributed by atoms with Crippen LogP contribution in [0.4, 0.5) is 0 Å². The number of carbonyl (C=O) groups excluding carboxylic acids is 1. The lowest BCUT2D eigenvalue weighted by Gasteiger charge is -2.36. The smallest absolute Gasteiger partial charge is 0.289 e. The lowest BCUT2D eigenvalue weighted by Crippen LogP contribution is -2.53. The van der Waals surface area contributed by atoms with E-state index < -0.39 is 0 Å². The molecule has 1 aliphatic heterocycles. The summed E-state index contributed by atoms with van der Waals surface area (Å²) in [5, 5.41) is 3.43. The maximum atomic E-state index is 12.4. The first kappa shape index (κ1) is 19.8. The standard InChI is InChI=1S/C21H28N4O3/c1-22-21(23-10-4-7-17-6-3-8-18(16-17)27-2)25-13-11-24(12-14-25)20(26)19-9-5-15-28-19/h3,5-6,8-9,15-16H,4,7,10-14H2,1-2H3,(H,22,23). The van der Waals surface area contributed by atoms with Gasteiger partial charge in [-0.05, 0) is 42.7 Å². The monoisotopic (exact) mass is 384 g/mol. The van der Waals surface area contributed by atoms with Gasteiger partial charge in [0.15, 0.2) is 11.7 Å². The Bertz CT molecular complexity index is 781. The zero-order valence-corrected chi connectivity index (χ0v) is 16.6. The van der Waals surface area contributed by atoms with Crippen LogP contribution in [0.15, 0.2) is 52.1 Å². The predicted octanol–water partition coefficient (Wildman–Crippen LogP) is 2.25. The number of carbonyl (C=O) groups is 1. The summed E-state index contributed by atoms with van der Waals surface area (Å²) in [4.78, 5) is 20.8. The Morgan fingerprint density at radius 3 is 2.64 bits per heavy atom. The summed E-state index contributed by atoms with van der Waals surface area (Å²) < 4.78 is 10.5. The van der Waals surface area contributed by atoms with E-state index in [-0.39, 0.29) is 5.91 Å². The highest BCUT2D eigenvalue weighted by atomic mass is 16.5. The van der Waals surface area contributed by atoms with E-state index in [0.29, 0.717) is 18.8 Å². The van der Waals surface area contributed by atoms with Crippen LogP contribution in [0, 0.1) is 0 Å². The largest absolute Gasteiger partial charge is 0.497 e.